The highest BCUT2D eigenvalue weighted by molar-refractivity contribution is 6.30. The lowest BCUT2D eigenvalue weighted by atomic mass is 9.99. The molecule has 2 aromatic heterocycles. The third-order valence-corrected chi connectivity index (χ3v) is 7.26. The maximum absolute atomic E-state index is 13.8. The quantitative estimate of drug-likeness (QED) is 0.437. The SMILES string of the molecule is CCCCc1cc2c(cc1C(=O)N1CCc3cc(Cl)ccc31)[nH]c(=O)c1nnc(CC3CC3)n12. The van der Waals surface area contributed by atoms with Gasteiger partial charge in [0.05, 0.1) is 11.0 Å². The predicted molar refractivity (Wildman–Crippen MR) is 133 cm³/mol. The van der Waals surface area contributed by atoms with Gasteiger partial charge in [-0.1, -0.05) is 24.9 Å². The molecule has 1 aliphatic carbocycles. The number of amides is 1. The van der Waals surface area contributed by atoms with E-state index in [0.29, 0.717) is 34.2 Å². The van der Waals surface area contributed by atoms with E-state index in [9.17, 15) is 9.59 Å². The molecule has 0 bridgehead atoms. The zero-order valence-corrected chi connectivity index (χ0v) is 19.9. The van der Waals surface area contributed by atoms with Gasteiger partial charge in [-0.15, -0.1) is 10.2 Å². The van der Waals surface area contributed by atoms with Gasteiger partial charge in [0, 0.05) is 29.2 Å². The number of nitrogens with zero attached hydrogens (tertiary/aromatic N) is 4. The number of rotatable bonds is 6. The van der Waals surface area contributed by atoms with E-state index in [2.05, 4.69) is 28.2 Å². The molecule has 0 spiro atoms. The number of unbranched alkanes of at least 4 members (excludes halogenated alkanes) is 1. The minimum Gasteiger partial charge on any atom is -0.317 e. The number of halogens is 1. The fourth-order valence-corrected chi connectivity index (χ4v) is 5.22. The van der Waals surface area contributed by atoms with Crippen LogP contribution in [0.15, 0.2) is 35.1 Å². The first-order valence-corrected chi connectivity index (χ1v) is 12.4. The van der Waals surface area contributed by atoms with Gasteiger partial charge in [0.25, 0.3) is 11.5 Å². The summed E-state index contributed by atoms with van der Waals surface area (Å²) in [6, 6.07) is 9.58. The summed E-state index contributed by atoms with van der Waals surface area (Å²) in [6.07, 6.45) is 6.77. The second kappa shape index (κ2) is 8.24. The number of aryl methyl sites for hydroxylation is 1. The van der Waals surface area contributed by atoms with Crippen LogP contribution in [0.2, 0.25) is 5.02 Å². The number of benzene rings is 2. The van der Waals surface area contributed by atoms with E-state index >= 15 is 0 Å². The molecule has 0 atom stereocenters. The van der Waals surface area contributed by atoms with Crippen molar-refractivity contribution in [2.24, 2.45) is 5.92 Å². The van der Waals surface area contributed by atoms with E-state index in [0.717, 1.165) is 60.3 Å². The molecule has 1 fully saturated rings. The Morgan fingerprint density at radius 3 is 2.85 bits per heavy atom. The lowest BCUT2D eigenvalue weighted by Crippen LogP contribution is -2.30. The lowest BCUT2D eigenvalue weighted by molar-refractivity contribution is 0.0988. The average Bonchev–Trinajstić information content (AvgIpc) is 3.39. The maximum Gasteiger partial charge on any atom is 0.294 e. The normalized spacial score (nSPS) is 15.4. The average molecular weight is 476 g/mol. The van der Waals surface area contributed by atoms with Crippen LogP contribution in [0.25, 0.3) is 16.7 Å². The Kier molecular flexibility index (Phi) is 5.17. The zero-order valence-electron chi connectivity index (χ0n) is 19.1. The summed E-state index contributed by atoms with van der Waals surface area (Å²) in [6.45, 7) is 2.76. The fraction of sp³-hybridized carbons (Fsp3) is 0.385. The summed E-state index contributed by atoms with van der Waals surface area (Å²) in [5, 5.41) is 9.20. The smallest absolute Gasteiger partial charge is 0.294 e. The molecule has 7 nitrogen and oxygen atoms in total. The molecule has 8 heteroatoms. The Labute approximate surface area is 201 Å². The van der Waals surface area contributed by atoms with Crippen LogP contribution < -0.4 is 10.5 Å². The van der Waals surface area contributed by atoms with Crippen LogP contribution in [-0.2, 0) is 19.3 Å². The van der Waals surface area contributed by atoms with E-state index in [4.69, 9.17) is 11.6 Å². The topological polar surface area (TPSA) is 83.4 Å². The Hall–Kier alpha value is -3.19. The number of carbonyl (C=O) groups excluding carboxylic acids is 1. The number of carbonyl (C=O) groups is 1. The number of aromatic amines is 1. The number of hydrogen-bond acceptors (Lipinski definition) is 4. The van der Waals surface area contributed by atoms with E-state index in [-0.39, 0.29) is 11.5 Å². The number of aromatic nitrogens is 4. The van der Waals surface area contributed by atoms with Gasteiger partial charge in [-0.3, -0.25) is 14.0 Å². The Morgan fingerprint density at radius 2 is 2.06 bits per heavy atom. The Morgan fingerprint density at radius 1 is 1.21 bits per heavy atom. The van der Waals surface area contributed by atoms with E-state index in [1.54, 1.807) is 0 Å². The molecule has 2 aromatic carbocycles. The van der Waals surface area contributed by atoms with Crippen LogP contribution in [0.1, 0.15) is 59.9 Å². The summed E-state index contributed by atoms with van der Waals surface area (Å²) in [7, 11) is 0. The van der Waals surface area contributed by atoms with Crippen LogP contribution >= 0.6 is 11.6 Å². The molecule has 6 rings (SSSR count). The summed E-state index contributed by atoms with van der Waals surface area (Å²) >= 11 is 6.17. The molecule has 2 aliphatic rings. The first kappa shape index (κ1) is 21.4. The first-order valence-electron chi connectivity index (χ1n) is 12.1. The molecular formula is C26H26ClN5O2. The van der Waals surface area contributed by atoms with Crippen LogP contribution in [0.3, 0.4) is 0 Å². The van der Waals surface area contributed by atoms with Gasteiger partial charge >= 0.3 is 0 Å². The first-order chi connectivity index (χ1) is 16.5. The van der Waals surface area contributed by atoms with Crippen molar-refractivity contribution in [2.45, 2.75) is 51.9 Å². The van der Waals surface area contributed by atoms with Crippen molar-refractivity contribution < 1.29 is 4.79 Å². The van der Waals surface area contributed by atoms with Gasteiger partial charge in [0.15, 0.2) is 0 Å². The number of nitrogens with one attached hydrogen (secondary N) is 1. The number of anilines is 1. The van der Waals surface area contributed by atoms with Crippen molar-refractivity contribution in [2.75, 3.05) is 11.4 Å². The Bertz CT molecular complexity index is 1500. The van der Waals surface area contributed by atoms with Gasteiger partial charge in [-0.25, -0.2) is 0 Å². The molecule has 174 valence electrons. The van der Waals surface area contributed by atoms with Crippen LogP contribution in [0, 0.1) is 5.92 Å². The molecule has 0 unspecified atom stereocenters. The minimum atomic E-state index is -0.289. The van der Waals surface area contributed by atoms with Gasteiger partial charge in [-0.2, -0.15) is 0 Å². The third kappa shape index (κ3) is 3.59. The van der Waals surface area contributed by atoms with Crippen LogP contribution in [0.5, 0.6) is 0 Å². The molecular weight excluding hydrogens is 450 g/mol. The monoisotopic (exact) mass is 475 g/mol. The summed E-state index contributed by atoms with van der Waals surface area (Å²) < 4.78 is 1.89. The highest BCUT2D eigenvalue weighted by Crippen LogP contribution is 2.34. The van der Waals surface area contributed by atoms with Crippen molar-refractivity contribution in [1.82, 2.24) is 19.6 Å². The van der Waals surface area contributed by atoms with Crippen molar-refractivity contribution in [1.29, 1.82) is 0 Å². The zero-order chi connectivity index (χ0) is 23.4. The summed E-state index contributed by atoms with van der Waals surface area (Å²) in [5.41, 5.74) is 5.13. The van der Waals surface area contributed by atoms with Gasteiger partial charge in [-0.05, 0) is 79.5 Å². The molecule has 1 N–H and O–H groups in total. The maximum atomic E-state index is 13.8. The van der Waals surface area contributed by atoms with Crippen LogP contribution in [0.4, 0.5) is 5.69 Å². The fourth-order valence-electron chi connectivity index (χ4n) is 5.02. The highest BCUT2D eigenvalue weighted by Gasteiger charge is 2.29. The molecule has 0 radical (unpaired) electrons. The molecule has 34 heavy (non-hydrogen) atoms. The lowest BCUT2D eigenvalue weighted by Gasteiger charge is -2.20. The van der Waals surface area contributed by atoms with Crippen molar-refractivity contribution in [3.8, 4) is 0 Å². The number of fused-ring (bicyclic) bond motifs is 4. The standard InChI is InChI=1S/C26H26ClN5O2/c1-2-3-4-16-13-22-20(28-25(33)24-30-29-23(32(22)24)11-15-5-6-15)14-19(16)26(34)31-10-9-17-12-18(27)7-8-21(17)31/h7-8,12-15H,2-6,9-11H2,1H3,(H,28,33). The largest absolute Gasteiger partial charge is 0.317 e. The third-order valence-electron chi connectivity index (χ3n) is 7.02. The molecule has 4 aromatic rings. The van der Waals surface area contributed by atoms with Crippen molar-refractivity contribution >= 4 is 39.9 Å². The van der Waals surface area contributed by atoms with Gasteiger partial charge in [0.1, 0.15) is 5.82 Å². The Balaban J connectivity index is 1.51. The summed E-state index contributed by atoms with van der Waals surface area (Å²) in [5.74, 6) is 1.39. The highest BCUT2D eigenvalue weighted by atomic mass is 35.5. The van der Waals surface area contributed by atoms with Gasteiger partial charge in [0.2, 0.25) is 5.65 Å². The van der Waals surface area contributed by atoms with E-state index in [1.165, 1.54) is 12.8 Å². The molecule has 1 aliphatic heterocycles. The number of H-pyrrole nitrogens is 1. The molecule has 3 heterocycles. The van der Waals surface area contributed by atoms with E-state index in [1.807, 2.05) is 33.6 Å². The second-order valence-corrected chi connectivity index (χ2v) is 9.92. The van der Waals surface area contributed by atoms with Gasteiger partial charge < -0.3 is 9.88 Å². The molecule has 1 saturated carbocycles. The van der Waals surface area contributed by atoms with Crippen molar-refractivity contribution in [3.63, 3.8) is 0 Å². The number of hydrogen-bond donors (Lipinski definition) is 1. The van der Waals surface area contributed by atoms with E-state index < -0.39 is 0 Å². The molecule has 0 saturated heterocycles. The minimum absolute atomic E-state index is 0.0445. The molecule has 1 amide bonds. The second-order valence-electron chi connectivity index (χ2n) is 9.49. The van der Waals surface area contributed by atoms with Crippen molar-refractivity contribution in [3.05, 3.63) is 68.2 Å². The summed E-state index contributed by atoms with van der Waals surface area (Å²) in [4.78, 5) is 31.4. The predicted octanol–water partition coefficient (Wildman–Crippen LogP) is 4.72. The van der Waals surface area contributed by atoms with Crippen LogP contribution in [-0.4, -0.2) is 32.0 Å².